The fraction of sp³-hybridized carbons (Fsp3) is 0.625. The Morgan fingerprint density at radius 2 is 2.36 bits per heavy atom. The molecule has 2 N–H and O–H groups in total. The monoisotopic (exact) mass is 322 g/mol. The number of carbonyl (C=O) groups excluding carboxylic acids is 1. The lowest BCUT2D eigenvalue weighted by Gasteiger charge is -2.23. The van der Waals surface area contributed by atoms with Gasteiger partial charge in [0, 0.05) is 18.0 Å². The van der Waals surface area contributed by atoms with E-state index in [4.69, 9.17) is 0 Å². The van der Waals surface area contributed by atoms with Crippen LogP contribution in [0.2, 0.25) is 0 Å². The third-order valence-corrected chi connectivity index (χ3v) is 6.17. The number of nitrogens with zero attached hydrogens (tertiary/aromatic N) is 1. The predicted octanol–water partition coefficient (Wildman–Crippen LogP) is 1.86. The zero-order chi connectivity index (χ0) is 15.7. The highest BCUT2D eigenvalue weighted by Gasteiger charge is 2.54. The SMILES string of the molecule is Cc1ccsc1CNC(=O)CN1C[C@@H]2CCC[C@@]2(C(=O)O)C1. The van der Waals surface area contributed by atoms with Gasteiger partial charge in [-0.3, -0.25) is 14.5 Å². The Morgan fingerprint density at radius 3 is 3.00 bits per heavy atom. The molecule has 1 aliphatic heterocycles. The third-order valence-electron chi connectivity index (χ3n) is 5.15. The van der Waals surface area contributed by atoms with Crippen molar-refractivity contribution in [2.75, 3.05) is 19.6 Å². The molecule has 22 heavy (non-hydrogen) atoms. The fourth-order valence-electron chi connectivity index (χ4n) is 3.89. The molecule has 1 aromatic heterocycles. The predicted molar refractivity (Wildman–Crippen MR) is 84.8 cm³/mol. The summed E-state index contributed by atoms with van der Waals surface area (Å²) < 4.78 is 0. The number of nitrogens with one attached hydrogen (secondary N) is 1. The van der Waals surface area contributed by atoms with E-state index in [0.29, 0.717) is 19.6 Å². The summed E-state index contributed by atoms with van der Waals surface area (Å²) in [6.07, 6.45) is 2.72. The zero-order valence-electron chi connectivity index (χ0n) is 12.8. The Labute approximate surface area is 134 Å². The molecule has 120 valence electrons. The van der Waals surface area contributed by atoms with E-state index in [1.165, 1.54) is 10.4 Å². The fourth-order valence-corrected chi connectivity index (χ4v) is 4.73. The Morgan fingerprint density at radius 1 is 1.55 bits per heavy atom. The Bertz CT molecular complexity index is 586. The highest BCUT2D eigenvalue weighted by atomic mass is 32.1. The molecule has 0 bridgehead atoms. The number of hydrogen-bond donors (Lipinski definition) is 2. The van der Waals surface area contributed by atoms with Crippen molar-refractivity contribution >= 4 is 23.2 Å². The summed E-state index contributed by atoms with van der Waals surface area (Å²) in [4.78, 5) is 26.9. The molecule has 3 rings (SSSR count). The minimum Gasteiger partial charge on any atom is -0.481 e. The lowest BCUT2D eigenvalue weighted by Crippen LogP contribution is -2.39. The van der Waals surface area contributed by atoms with E-state index in [1.807, 2.05) is 23.3 Å². The topological polar surface area (TPSA) is 69.6 Å². The molecule has 1 amide bonds. The summed E-state index contributed by atoms with van der Waals surface area (Å²) in [5.41, 5.74) is 0.593. The van der Waals surface area contributed by atoms with Gasteiger partial charge in [-0.1, -0.05) is 6.42 Å². The summed E-state index contributed by atoms with van der Waals surface area (Å²) >= 11 is 1.65. The van der Waals surface area contributed by atoms with Gasteiger partial charge >= 0.3 is 5.97 Å². The standard InChI is InChI=1S/C16H22N2O3S/c1-11-4-6-22-13(11)7-17-14(19)9-18-8-12-3-2-5-16(12,10-18)15(20)21/h4,6,12H,2-3,5,7-10H2,1H3,(H,17,19)(H,20,21)/t12-,16+/m0/s1. The van der Waals surface area contributed by atoms with Crippen LogP contribution in [0.5, 0.6) is 0 Å². The summed E-state index contributed by atoms with van der Waals surface area (Å²) in [6, 6.07) is 2.05. The van der Waals surface area contributed by atoms with Gasteiger partial charge in [-0.15, -0.1) is 11.3 Å². The molecular weight excluding hydrogens is 300 g/mol. The first-order valence-electron chi connectivity index (χ1n) is 7.77. The smallest absolute Gasteiger partial charge is 0.311 e. The molecule has 2 atom stereocenters. The van der Waals surface area contributed by atoms with E-state index in [1.54, 1.807) is 11.3 Å². The van der Waals surface area contributed by atoms with Crippen LogP contribution >= 0.6 is 11.3 Å². The van der Waals surface area contributed by atoms with E-state index >= 15 is 0 Å². The normalized spacial score (nSPS) is 27.8. The number of carboxylic acid groups (broad SMARTS) is 1. The van der Waals surface area contributed by atoms with Gasteiger partial charge < -0.3 is 10.4 Å². The van der Waals surface area contributed by atoms with Crippen LogP contribution in [0, 0.1) is 18.3 Å². The third kappa shape index (κ3) is 2.77. The molecule has 2 fully saturated rings. The van der Waals surface area contributed by atoms with Crippen molar-refractivity contribution in [2.24, 2.45) is 11.3 Å². The first kappa shape index (κ1) is 15.5. The summed E-state index contributed by atoms with van der Waals surface area (Å²) in [5, 5.41) is 14.5. The number of thiophene rings is 1. The molecule has 2 aliphatic rings. The summed E-state index contributed by atoms with van der Waals surface area (Å²) in [5.74, 6) is -0.502. The molecule has 0 unspecified atom stereocenters. The van der Waals surface area contributed by atoms with Crippen LogP contribution in [0.3, 0.4) is 0 Å². The molecule has 1 saturated heterocycles. The maximum absolute atomic E-state index is 12.1. The van der Waals surface area contributed by atoms with Crippen LogP contribution < -0.4 is 5.32 Å². The zero-order valence-corrected chi connectivity index (χ0v) is 13.6. The van der Waals surface area contributed by atoms with Crippen molar-refractivity contribution in [3.05, 3.63) is 21.9 Å². The first-order valence-corrected chi connectivity index (χ1v) is 8.64. The molecule has 0 spiro atoms. The van der Waals surface area contributed by atoms with Crippen LogP contribution in [0.15, 0.2) is 11.4 Å². The van der Waals surface area contributed by atoms with Crippen molar-refractivity contribution < 1.29 is 14.7 Å². The minimum atomic E-state index is -0.688. The highest BCUT2D eigenvalue weighted by molar-refractivity contribution is 7.10. The molecule has 0 aromatic carbocycles. The van der Waals surface area contributed by atoms with E-state index in [2.05, 4.69) is 5.32 Å². The number of likely N-dealkylation sites (tertiary alicyclic amines) is 1. The highest BCUT2D eigenvalue weighted by Crippen LogP contribution is 2.48. The number of carbonyl (C=O) groups is 2. The second kappa shape index (κ2) is 6.01. The lowest BCUT2D eigenvalue weighted by molar-refractivity contribution is -0.149. The lowest BCUT2D eigenvalue weighted by atomic mass is 9.81. The molecule has 6 heteroatoms. The average Bonchev–Trinajstić information content (AvgIpc) is 3.10. The summed E-state index contributed by atoms with van der Waals surface area (Å²) in [7, 11) is 0. The summed E-state index contributed by atoms with van der Waals surface area (Å²) in [6.45, 7) is 4.14. The van der Waals surface area contributed by atoms with E-state index in [0.717, 1.165) is 25.8 Å². The van der Waals surface area contributed by atoms with Crippen LogP contribution in [0.4, 0.5) is 0 Å². The number of rotatable bonds is 5. The van der Waals surface area contributed by atoms with Gasteiger partial charge in [-0.05, 0) is 42.7 Å². The molecule has 0 radical (unpaired) electrons. The van der Waals surface area contributed by atoms with Gasteiger partial charge in [-0.2, -0.15) is 0 Å². The van der Waals surface area contributed by atoms with Gasteiger partial charge in [0.05, 0.1) is 18.5 Å². The van der Waals surface area contributed by atoms with Crippen LogP contribution in [-0.2, 0) is 16.1 Å². The average molecular weight is 322 g/mol. The van der Waals surface area contributed by atoms with Crippen molar-refractivity contribution in [1.29, 1.82) is 0 Å². The molecule has 1 aliphatic carbocycles. The van der Waals surface area contributed by atoms with Crippen LogP contribution in [0.25, 0.3) is 0 Å². The molecular formula is C16H22N2O3S. The van der Waals surface area contributed by atoms with Crippen molar-refractivity contribution in [3.63, 3.8) is 0 Å². The van der Waals surface area contributed by atoms with Gasteiger partial charge in [0.2, 0.25) is 5.91 Å². The maximum atomic E-state index is 12.1. The second-order valence-electron chi connectivity index (χ2n) is 6.52. The Kier molecular flexibility index (Phi) is 4.23. The van der Waals surface area contributed by atoms with Crippen LogP contribution in [-0.4, -0.2) is 41.5 Å². The molecule has 5 nitrogen and oxygen atoms in total. The minimum absolute atomic E-state index is 0.0201. The Hall–Kier alpha value is -1.40. The van der Waals surface area contributed by atoms with Crippen molar-refractivity contribution in [3.8, 4) is 0 Å². The number of amides is 1. The van der Waals surface area contributed by atoms with E-state index in [-0.39, 0.29) is 11.8 Å². The maximum Gasteiger partial charge on any atom is 0.311 e. The second-order valence-corrected chi connectivity index (χ2v) is 7.52. The quantitative estimate of drug-likeness (QED) is 0.868. The van der Waals surface area contributed by atoms with Crippen molar-refractivity contribution in [1.82, 2.24) is 10.2 Å². The number of hydrogen-bond acceptors (Lipinski definition) is 4. The van der Waals surface area contributed by atoms with Gasteiger partial charge in [-0.25, -0.2) is 0 Å². The molecule has 1 aromatic rings. The van der Waals surface area contributed by atoms with E-state index in [9.17, 15) is 14.7 Å². The number of aliphatic carboxylic acids is 1. The van der Waals surface area contributed by atoms with Gasteiger partial charge in [0.25, 0.3) is 0 Å². The first-order chi connectivity index (χ1) is 10.5. The largest absolute Gasteiger partial charge is 0.481 e. The van der Waals surface area contributed by atoms with E-state index < -0.39 is 11.4 Å². The molecule has 1 saturated carbocycles. The number of carboxylic acids is 1. The van der Waals surface area contributed by atoms with Gasteiger partial charge in [0.1, 0.15) is 0 Å². The number of aryl methyl sites for hydroxylation is 1. The Balaban J connectivity index is 1.53. The number of fused-ring (bicyclic) bond motifs is 1. The van der Waals surface area contributed by atoms with Gasteiger partial charge in [0.15, 0.2) is 0 Å². The molecule has 2 heterocycles. The van der Waals surface area contributed by atoms with Crippen molar-refractivity contribution in [2.45, 2.75) is 32.7 Å². The van der Waals surface area contributed by atoms with Crippen LogP contribution in [0.1, 0.15) is 29.7 Å².